The smallest absolute Gasteiger partial charge is 0.154 e. The van der Waals surface area contributed by atoms with Crippen molar-refractivity contribution < 1.29 is 29.8 Å². The molecule has 0 N–H and O–H groups in total. The van der Waals surface area contributed by atoms with E-state index < -0.39 is 0 Å². The molecule has 1 saturated carbocycles. The van der Waals surface area contributed by atoms with Crippen LogP contribution in [-0.4, -0.2) is 64.4 Å². The molecule has 0 bridgehead atoms. The Labute approximate surface area is 341 Å². The second kappa shape index (κ2) is 34.1. The second-order valence-corrected chi connectivity index (χ2v) is 16.7. The zero-order chi connectivity index (χ0) is 37.6. The van der Waals surface area contributed by atoms with Crippen molar-refractivity contribution in [2.75, 3.05) is 39.6 Å². The first-order valence-corrected chi connectivity index (χ1v) is 20.3. The van der Waals surface area contributed by atoms with Crippen LogP contribution in [0, 0.1) is 63.2 Å². The summed E-state index contributed by atoms with van der Waals surface area (Å²) in [5, 5.41) is 0. The molecular formula is C48H100O6. The lowest BCUT2D eigenvalue weighted by Gasteiger charge is -2.24. The summed E-state index contributed by atoms with van der Waals surface area (Å²) in [7, 11) is 0. The molecule has 0 aromatic heterocycles. The van der Waals surface area contributed by atoms with Crippen LogP contribution in [0.4, 0.5) is 0 Å². The fourth-order valence-corrected chi connectivity index (χ4v) is 6.10. The van der Waals surface area contributed by atoms with Crippen molar-refractivity contribution in [1.82, 2.24) is 0 Å². The largest absolute Gasteiger partial charge is 0.378 e. The van der Waals surface area contributed by atoms with E-state index in [9.17, 15) is 0 Å². The van der Waals surface area contributed by atoms with Gasteiger partial charge in [-0.3, -0.25) is 0 Å². The van der Waals surface area contributed by atoms with Crippen molar-refractivity contribution >= 4 is 0 Å². The summed E-state index contributed by atoms with van der Waals surface area (Å²) < 4.78 is 31.5. The molecule has 5 aliphatic rings. The highest BCUT2D eigenvalue weighted by Gasteiger charge is 2.16. The molecule has 4 saturated heterocycles. The van der Waals surface area contributed by atoms with Crippen molar-refractivity contribution in [3.05, 3.63) is 34.4 Å². The summed E-state index contributed by atoms with van der Waals surface area (Å²) in [6.45, 7) is 35.6. The van der Waals surface area contributed by atoms with E-state index in [0.717, 1.165) is 63.3 Å². The van der Waals surface area contributed by atoms with Gasteiger partial charge in [0, 0.05) is 26.5 Å². The van der Waals surface area contributed by atoms with Crippen molar-refractivity contribution in [3.63, 3.8) is 0 Å². The van der Waals surface area contributed by atoms with Crippen LogP contribution in [-0.2, 0) is 28.4 Å². The molecule has 1 aromatic rings. The number of aryl methyl sites for hydroxylation is 3. The molecule has 5 fully saturated rings. The van der Waals surface area contributed by atoms with Gasteiger partial charge in [-0.25, -0.2) is 0 Å². The minimum atomic E-state index is 0. The van der Waals surface area contributed by atoms with E-state index in [2.05, 4.69) is 95.2 Å². The first-order valence-electron chi connectivity index (χ1n) is 20.3. The Morgan fingerprint density at radius 1 is 0.370 bits per heavy atom. The quantitative estimate of drug-likeness (QED) is 0.262. The molecule has 6 rings (SSSR count). The molecule has 0 radical (unpaired) electrons. The van der Waals surface area contributed by atoms with Crippen LogP contribution in [0.5, 0.6) is 0 Å². The number of benzene rings is 1. The van der Waals surface area contributed by atoms with Gasteiger partial charge in [-0.2, -0.15) is 0 Å². The zero-order valence-corrected chi connectivity index (χ0v) is 35.3. The van der Waals surface area contributed by atoms with E-state index in [1.165, 1.54) is 73.6 Å². The molecule has 0 spiro atoms. The molecule has 4 unspecified atom stereocenters. The maximum Gasteiger partial charge on any atom is 0.154 e. The molecule has 1 aliphatic carbocycles. The Kier molecular flexibility index (Phi) is 37.6. The lowest BCUT2D eigenvalue weighted by Crippen LogP contribution is -2.27. The van der Waals surface area contributed by atoms with Gasteiger partial charge in [0.1, 0.15) is 0 Å². The number of hydrogen-bond acceptors (Lipinski definition) is 6. The van der Waals surface area contributed by atoms with E-state index >= 15 is 0 Å². The average Bonchev–Trinajstić information content (AvgIpc) is 3.08. The maximum atomic E-state index is 5.39. The summed E-state index contributed by atoms with van der Waals surface area (Å²) in [5.74, 6) is 4.78. The van der Waals surface area contributed by atoms with Crippen LogP contribution in [0.1, 0.15) is 174 Å². The first-order chi connectivity index (χ1) is 23.5. The Balaban J connectivity index is -0.000000179. The average molecular weight is 773 g/mol. The standard InChI is InChI=1S/C10H14.C8H16.2C7H14O.2C6H12O2.4CH4.H2/c1-7-5-8(2)10(4)9(3)6-7;1-7-3-5-8(2)6-4-7;2*1-6-3-4-7(2)8-5-6;2*1-5-3-7-6(2)8-4-5;;;;;/h5-6H,1-4H3;7-8H,3-6H2,1-2H3;2*6-7H,3-5H2,1-2H3;2*5-6H,3-4H2,1-2H3;4*1H4;1H. The minimum absolute atomic E-state index is 0. The molecule has 1 aromatic carbocycles. The van der Waals surface area contributed by atoms with Crippen LogP contribution in [0.3, 0.4) is 0 Å². The van der Waals surface area contributed by atoms with Crippen molar-refractivity contribution in [1.29, 1.82) is 0 Å². The highest BCUT2D eigenvalue weighted by molar-refractivity contribution is 5.36. The van der Waals surface area contributed by atoms with Crippen LogP contribution in [0.15, 0.2) is 12.1 Å². The molecule has 4 heterocycles. The normalized spacial score (nSPS) is 31.3. The van der Waals surface area contributed by atoms with Crippen LogP contribution < -0.4 is 0 Å². The Morgan fingerprint density at radius 2 is 0.630 bits per heavy atom. The topological polar surface area (TPSA) is 55.4 Å². The van der Waals surface area contributed by atoms with E-state index in [1.807, 2.05) is 13.8 Å². The summed E-state index contributed by atoms with van der Waals surface area (Å²) >= 11 is 0. The van der Waals surface area contributed by atoms with Crippen LogP contribution in [0.2, 0.25) is 0 Å². The van der Waals surface area contributed by atoms with Crippen LogP contribution >= 0.6 is 0 Å². The van der Waals surface area contributed by atoms with Gasteiger partial charge in [-0.1, -0.05) is 115 Å². The van der Waals surface area contributed by atoms with E-state index in [4.69, 9.17) is 28.4 Å². The van der Waals surface area contributed by atoms with Gasteiger partial charge in [0.25, 0.3) is 0 Å². The van der Waals surface area contributed by atoms with E-state index in [1.54, 1.807) is 0 Å². The first kappa shape index (κ1) is 59.7. The van der Waals surface area contributed by atoms with Gasteiger partial charge in [-0.05, 0) is 121 Å². The highest BCUT2D eigenvalue weighted by atomic mass is 16.7. The molecule has 0 amide bonds. The lowest BCUT2D eigenvalue weighted by atomic mass is 9.84. The second-order valence-electron chi connectivity index (χ2n) is 16.7. The SMILES string of the molecule is C.C.C.C.CC1CCC(C)CC1.CC1CCC(C)OC1.CC1CCC(C)OC1.CC1COC(C)OC1.CC1COC(C)OC1.Cc1cc(C)c(C)c(C)c1.[HH]. The fraction of sp³-hybridized carbons (Fsp3) is 0.875. The summed E-state index contributed by atoms with van der Waals surface area (Å²) in [6, 6.07) is 4.45. The van der Waals surface area contributed by atoms with Crippen molar-refractivity contribution in [2.45, 2.75) is 203 Å². The van der Waals surface area contributed by atoms with E-state index in [-0.39, 0.29) is 43.7 Å². The number of rotatable bonds is 0. The monoisotopic (exact) mass is 773 g/mol. The molecule has 328 valence electrons. The van der Waals surface area contributed by atoms with Gasteiger partial charge >= 0.3 is 0 Å². The number of hydrogen-bond donors (Lipinski definition) is 0. The van der Waals surface area contributed by atoms with Gasteiger partial charge in [-0.15, -0.1) is 0 Å². The predicted molar refractivity (Wildman–Crippen MR) is 240 cm³/mol. The summed E-state index contributed by atoms with van der Waals surface area (Å²) in [6.07, 6.45) is 12.2. The third-order valence-electron chi connectivity index (χ3n) is 10.3. The Hall–Kier alpha value is -1.02. The van der Waals surface area contributed by atoms with Crippen molar-refractivity contribution in [3.8, 4) is 0 Å². The van der Waals surface area contributed by atoms with Gasteiger partial charge in [0.05, 0.1) is 38.6 Å². The summed E-state index contributed by atoms with van der Waals surface area (Å²) in [5.41, 5.74) is 5.58. The van der Waals surface area contributed by atoms with Crippen molar-refractivity contribution in [2.24, 2.45) is 35.5 Å². The summed E-state index contributed by atoms with van der Waals surface area (Å²) in [4.78, 5) is 0. The molecule has 4 aliphatic heterocycles. The fourth-order valence-electron chi connectivity index (χ4n) is 6.10. The van der Waals surface area contributed by atoms with Gasteiger partial charge < -0.3 is 28.4 Å². The molecule has 6 nitrogen and oxygen atoms in total. The third kappa shape index (κ3) is 30.2. The highest BCUT2D eigenvalue weighted by Crippen LogP contribution is 2.27. The lowest BCUT2D eigenvalue weighted by molar-refractivity contribution is -0.187. The minimum Gasteiger partial charge on any atom is -0.378 e. The van der Waals surface area contributed by atoms with Crippen LogP contribution in [0.25, 0.3) is 0 Å². The molecular weight excluding hydrogens is 673 g/mol. The van der Waals surface area contributed by atoms with Gasteiger partial charge in [0.15, 0.2) is 12.6 Å². The van der Waals surface area contributed by atoms with E-state index in [0.29, 0.717) is 24.0 Å². The molecule has 4 atom stereocenters. The van der Waals surface area contributed by atoms with Gasteiger partial charge in [0.2, 0.25) is 0 Å². The zero-order valence-electron chi connectivity index (χ0n) is 35.3. The molecule has 6 heteroatoms. The maximum absolute atomic E-state index is 5.39. The predicted octanol–water partition coefficient (Wildman–Crippen LogP) is 14.2. The Morgan fingerprint density at radius 3 is 0.852 bits per heavy atom. The Bertz CT molecular complexity index is 762. The third-order valence-corrected chi connectivity index (χ3v) is 10.3. The molecule has 54 heavy (non-hydrogen) atoms. The number of ether oxygens (including phenoxy) is 6.